The minimum Gasteiger partial charge on any atom is -0.497 e. The summed E-state index contributed by atoms with van der Waals surface area (Å²) in [7, 11) is 1.56. The number of nitrogens with one attached hydrogen (secondary N) is 1. The molecule has 7 heteroatoms. The molecule has 28 heavy (non-hydrogen) atoms. The highest BCUT2D eigenvalue weighted by Gasteiger charge is 2.24. The molecular weight excluding hydrogens is 360 g/mol. The van der Waals surface area contributed by atoms with Crippen molar-refractivity contribution < 1.29 is 23.5 Å². The molecule has 2 aromatic carbocycles. The molecule has 0 saturated carbocycles. The third-order valence-electron chi connectivity index (χ3n) is 4.26. The van der Waals surface area contributed by atoms with Crippen LogP contribution in [0.5, 0.6) is 5.75 Å². The maximum absolute atomic E-state index is 12.5. The molecule has 1 atom stereocenters. The molecule has 0 bridgehead atoms. The Bertz CT molecular complexity index is 1080. The van der Waals surface area contributed by atoms with Gasteiger partial charge in [-0.2, -0.15) is 5.26 Å². The average Bonchev–Trinajstić information content (AvgIpc) is 3.04. The average molecular weight is 378 g/mol. The van der Waals surface area contributed by atoms with Gasteiger partial charge in [0.15, 0.2) is 6.10 Å². The number of hydrogen-bond donors (Lipinski definition) is 1. The molecule has 1 N–H and O–H groups in total. The maximum atomic E-state index is 12.5. The van der Waals surface area contributed by atoms with Gasteiger partial charge in [-0.25, -0.2) is 4.79 Å². The first-order chi connectivity index (χ1) is 13.4. The van der Waals surface area contributed by atoms with E-state index in [4.69, 9.17) is 19.2 Å². The van der Waals surface area contributed by atoms with Crippen LogP contribution in [-0.2, 0) is 9.53 Å². The van der Waals surface area contributed by atoms with Crippen LogP contribution in [0.4, 0.5) is 5.69 Å². The molecule has 0 saturated heterocycles. The number of hydrogen-bond acceptors (Lipinski definition) is 6. The molecule has 0 spiro atoms. The van der Waals surface area contributed by atoms with Crippen molar-refractivity contribution in [1.82, 2.24) is 0 Å². The Balaban J connectivity index is 1.71. The van der Waals surface area contributed by atoms with E-state index in [9.17, 15) is 9.59 Å². The molecule has 0 aliphatic heterocycles. The molecule has 0 aliphatic rings. The van der Waals surface area contributed by atoms with E-state index in [0.29, 0.717) is 28.1 Å². The van der Waals surface area contributed by atoms with Crippen molar-refractivity contribution in [3.63, 3.8) is 0 Å². The number of nitrogens with zero attached hydrogens (tertiary/aromatic N) is 1. The lowest BCUT2D eigenvalue weighted by atomic mass is 10.1. The third kappa shape index (κ3) is 3.81. The zero-order valence-corrected chi connectivity index (χ0v) is 15.6. The number of carbonyl (C=O) groups is 2. The summed E-state index contributed by atoms with van der Waals surface area (Å²) >= 11 is 0. The predicted molar refractivity (Wildman–Crippen MR) is 102 cm³/mol. The molecule has 1 aromatic heterocycles. The number of carbonyl (C=O) groups excluding carboxylic acids is 2. The summed E-state index contributed by atoms with van der Waals surface area (Å²) in [5, 5.41) is 12.2. The summed E-state index contributed by atoms with van der Waals surface area (Å²) in [5.41, 5.74) is 2.12. The minimum atomic E-state index is -1.04. The van der Waals surface area contributed by atoms with Crippen LogP contribution < -0.4 is 10.1 Å². The van der Waals surface area contributed by atoms with Crippen molar-refractivity contribution in [2.45, 2.75) is 20.0 Å². The highest BCUT2D eigenvalue weighted by molar-refractivity contribution is 5.99. The highest BCUT2D eigenvalue weighted by atomic mass is 16.6. The van der Waals surface area contributed by atoms with E-state index in [1.54, 1.807) is 56.5 Å². The van der Waals surface area contributed by atoms with E-state index in [1.807, 2.05) is 6.07 Å². The van der Waals surface area contributed by atoms with Gasteiger partial charge in [0.05, 0.1) is 18.7 Å². The molecule has 0 fully saturated rings. The van der Waals surface area contributed by atoms with Gasteiger partial charge in [-0.1, -0.05) is 0 Å². The van der Waals surface area contributed by atoms with Crippen molar-refractivity contribution in [2.24, 2.45) is 0 Å². The van der Waals surface area contributed by atoms with Gasteiger partial charge in [0, 0.05) is 16.6 Å². The highest BCUT2D eigenvalue weighted by Crippen LogP contribution is 2.29. The van der Waals surface area contributed by atoms with Crippen LogP contribution >= 0.6 is 0 Å². The molecule has 142 valence electrons. The normalized spacial score (nSPS) is 11.5. The summed E-state index contributed by atoms with van der Waals surface area (Å²) in [6.45, 7) is 3.21. The number of aryl methyl sites for hydroxylation is 1. The molecule has 1 amide bonds. The number of furan rings is 1. The van der Waals surface area contributed by atoms with Crippen LogP contribution in [0.1, 0.15) is 28.6 Å². The van der Waals surface area contributed by atoms with Crippen LogP contribution in [0.3, 0.4) is 0 Å². The second kappa shape index (κ2) is 7.84. The number of fused-ring (bicyclic) bond motifs is 1. The first kappa shape index (κ1) is 19.0. The summed E-state index contributed by atoms with van der Waals surface area (Å²) in [5.74, 6) is -0.531. The van der Waals surface area contributed by atoms with Crippen LogP contribution in [0, 0.1) is 18.3 Å². The predicted octanol–water partition coefficient (Wildman–Crippen LogP) is 3.81. The van der Waals surface area contributed by atoms with Crippen LogP contribution in [0.25, 0.3) is 11.0 Å². The lowest BCUT2D eigenvalue weighted by Crippen LogP contribution is -2.30. The Labute approximate surface area is 161 Å². The van der Waals surface area contributed by atoms with Gasteiger partial charge in [0.1, 0.15) is 11.3 Å². The summed E-state index contributed by atoms with van der Waals surface area (Å²) in [6.07, 6.45) is -1.04. The van der Waals surface area contributed by atoms with Crippen molar-refractivity contribution in [3.05, 3.63) is 59.4 Å². The van der Waals surface area contributed by atoms with Crippen molar-refractivity contribution in [2.75, 3.05) is 12.4 Å². The Hall–Kier alpha value is -3.79. The first-order valence-corrected chi connectivity index (χ1v) is 8.52. The van der Waals surface area contributed by atoms with Gasteiger partial charge in [0.25, 0.3) is 5.91 Å². The fourth-order valence-electron chi connectivity index (χ4n) is 2.66. The van der Waals surface area contributed by atoms with Gasteiger partial charge in [0.2, 0.25) is 5.76 Å². The monoisotopic (exact) mass is 378 g/mol. The molecule has 7 nitrogen and oxygen atoms in total. The number of esters is 1. The lowest BCUT2D eigenvalue weighted by molar-refractivity contribution is -0.123. The number of benzene rings is 2. The summed E-state index contributed by atoms with van der Waals surface area (Å²) < 4.78 is 16.0. The topological polar surface area (TPSA) is 102 Å². The van der Waals surface area contributed by atoms with Gasteiger partial charge >= 0.3 is 5.97 Å². The van der Waals surface area contributed by atoms with Gasteiger partial charge in [-0.3, -0.25) is 4.79 Å². The Morgan fingerprint density at radius 1 is 1.18 bits per heavy atom. The smallest absolute Gasteiger partial charge is 0.375 e. The van der Waals surface area contributed by atoms with Crippen LogP contribution in [-0.4, -0.2) is 25.1 Å². The van der Waals surface area contributed by atoms with Crippen LogP contribution in [0.15, 0.2) is 46.9 Å². The Kier molecular flexibility index (Phi) is 5.32. The fourth-order valence-corrected chi connectivity index (χ4v) is 2.66. The molecule has 0 aliphatic carbocycles. The SMILES string of the molecule is COc1ccc2oc(C(=O)O[C@@H](C)C(=O)Nc3ccc(C#N)cc3)c(C)c2c1. The van der Waals surface area contributed by atoms with E-state index in [0.717, 1.165) is 5.39 Å². The number of nitriles is 1. The van der Waals surface area contributed by atoms with Gasteiger partial charge in [-0.05, 0) is 56.3 Å². The fraction of sp³-hybridized carbons (Fsp3) is 0.190. The number of anilines is 1. The number of amides is 1. The Morgan fingerprint density at radius 2 is 1.89 bits per heavy atom. The number of methoxy groups -OCH3 is 1. The molecule has 3 aromatic rings. The first-order valence-electron chi connectivity index (χ1n) is 8.52. The largest absolute Gasteiger partial charge is 0.497 e. The van der Waals surface area contributed by atoms with Gasteiger partial charge in [-0.15, -0.1) is 0 Å². The quantitative estimate of drug-likeness (QED) is 0.678. The zero-order chi connectivity index (χ0) is 20.3. The molecule has 0 radical (unpaired) electrons. The van der Waals surface area contributed by atoms with Crippen molar-refractivity contribution in [1.29, 1.82) is 5.26 Å². The summed E-state index contributed by atoms with van der Waals surface area (Å²) in [4.78, 5) is 24.8. The van der Waals surface area contributed by atoms with E-state index >= 15 is 0 Å². The van der Waals surface area contributed by atoms with E-state index < -0.39 is 18.0 Å². The number of rotatable bonds is 5. The molecule has 1 heterocycles. The van der Waals surface area contributed by atoms with Crippen molar-refractivity contribution >= 4 is 28.5 Å². The third-order valence-corrected chi connectivity index (χ3v) is 4.26. The molecule has 0 unspecified atom stereocenters. The van der Waals surface area contributed by atoms with E-state index in [2.05, 4.69) is 5.32 Å². The molecular formula is C21H18N2O5. The zero-order valence-electron chi connectivity index (χ0n) is 15.6. The lowest BCUT2D eigenvalue weighted by Gasteiger charge is -2.13. The standard InChI is InChI=1S/C21H18N2O5/c1-12-17-10-16(26-3)8-9-18(17)28-19(12)21(25)27-13(2)20(24)23-15-6-4-14(11-22)5-7-15/h4-10,13H,1-3H3,(H,23,24)/t13-/m0/s1. The van der Waals surface area contributed by atoms with Crippen LogP contribution in [0.2, 0.25) is 0 Å². The minimum absolute atomic E-state index is 0.0428. The van der Waals surface area contributed by atoms with E-state index in [1.165, 1.54) is 6.92 Å². The summed E-state index contributed by atoms with van der Waals surface area (Å²) in [6, 6.07) is 13.6. The second-order valence-corrected chi connectivity index (χ2v) is 6.14. The van der Waals surface area contributed by atoms with Crippen molar-refractivity contribution in [3.8, 4) is 11.8 Å². The van der Waals surface area contributed by atoms with Gasteiger partial charge < -0.3 is 19.2 Å². The second-order valence-electron chi connectivity index (χ2n) is 6.14. The number of ether oxygens (including phenoxy) is 2. The Morgan fingerprint density at radius 3 is 2.54 bits per heavy atom. The molecule has 3 rings (SSSR count). The maximum Gasteiger partial charge on any atom is 0.375 e. The van der Waals surface area contributed by atoms with E-state index in [-0.39, 0.29) is 5.76 Å².